The lowest BCUT2D eigenvalue weighted by atomic mass is 9.99. The summed E-state index contributed by atoms with van der Waals surface area (Å²) in [6, 6.07) is 8.77. The van der Waals surface area contributed by atoms with Crippen LogP contribution in [0.15, 0.2) is 28.7 Å². The molecule has 0 fully saturated rings. The summed E-state index contributed by atoms with van der Waals surface area (Å²) < 4.78 is 12.4. The van der Waals surface area contributed by atoms with Crippen LogP contribution >= 0.6 is 0 Å². The molecule has 0 bridgehead atoms. The monoisotopic (exact) mass is 352 g/mol. The van der Waals surface area contributed by atoms with Crippen molar-refractivity contribution in [3.05, 3.63) is 41.0 Å². The average Bonchev–Trinajstić information content (AvgIpc) is 3.03. The molecule has 140 valence electrons. The number of benzene rings is 2. The third-order valence-corrected chi connectivity index (χ3v) is 5.42. The zero-order chi connectivity index (χ0) is 18.5. The maximum Gasteiger partial charge on any atom is 0.142 e. The molecule has 0 spiro atoms. The molecule has 3 aromatic rings. The zero-order valence-corrected chi connectivity index (χ0v) is 16.8. The first kappa shape index (κ1) is 18.8. The molecule has 2 nitrogen and oxygen atoms in total. The molecule has 0 N–H and O–H groups in total. The van der Waals surface area contributed by atoms with Gasteiger partial charge in [-0.2, -0.15) is 0 Å². The van der Waals surface area contributed by atoms with E-state index in [1.54, 1.807) is 0 Å². The first-order chi connectivity index (χ1) is 12.7. The van der Waals surface area contributed by atoms with E-state index in [2.05, 4.69) is 52.0 Å². The molecule has 0 aliphatic rings. The fraction of sp³-hybridized carbons (Fsp3) is 0.500. The lowest BCUT2D eigenvalue weighted by molar-refractivity contribution is 0.304. The number of ether oxygens (including phenoxy) is 1. The van der Waals surface area contributed by atoms with Crippen LogP contribution in [0.2, 0.25) is 0 Å². The maximum atomic E-state index is 6.35. The third-order valence-electron chi connectivity index (χ3n) is 5.42. The van der Waals surface area contributed by atoms with Crippen molar-refractivity contribution < 1.29 is 9.15 Å². The molecular weight excluding hydrogens is 320 g/mol. The second-order valence-corrected chi connectivity index (χ2v) is 7.41. The van der Waals surface area contributed by atoms with Gasteiger partial charge in [0.15, 0.2) is 0 Å². The molecule has 0 atom stereocenters. The molecular formula is C24H32O2. The van der Waals surface area contributed by atoms with Gasteiger partial charge in [-0.1, -0.05) is 51.7 Å². The van der Waals surface area contributed by atoms with Gasteiger partial charge in [-0.3, -0.25) is 0 Å². The molecule has 3 rings (SSSR count). The second kappa shape index (κ2) is 8.62. The second-order valence-electron chi connectivity index (χ2n) is 7.41. The number of furan rings is 1. The lowest BCUT2D eigenvalue weighted by Crippen LogP contribution is -1.98. The Labute approximate surface area is 157 Å². The summed E-state index contributed by atoms with van der Waals surface area (Å²) in [6.45, 7) is 9.55. The van der Waals surface area contributed by atoms with Crippen LogP contribution in [0.3, 0.4) is 0 Å². The van der Waals surface area contributed by atoms with E-state index in [9.17, 15) is 0 Å². The highest BCUT2D eigenvalue weighted by atomic mass is 16.5. The maximum absolute atomic E-state index is 6.35. The van der Waals surface area contributed by atoms with E-state index < -0.39 is 0 Å². The molecule has 2 aromatic carbocycles. The van der Waals surface area contributed by atoms with Crippen LogP contribution in [0.25, 0.3) is 21.9 Å². The Morgan fingerprint density at radius 3 is 2.15 bits per heavy atom. The zero-order valence-electron chi connectivity index (χ0n) is 16.8. The summed E-state index contributed by atoms with van der Waals surface area (Å²) in [6.07, 6.45) is 8.46. The van der Waals surface area contributed by atoms with Crippen LogP contribution in [0.4, 0.5) is 0 Å². The number of rotatable bonds is 9. The number of aryl methyl sites for hydroxylation is 3. The van der Waals surface area contributed by atoms with Crippen molar-refractivity contribution in [3.63, 3.8) is 0 Å². The van der Waals surface area contributed by atoms with Gasteiger partial charge >= 0.3 is 0 Å². The van der Waals surface area contributed by atoms with Crippen LogP contribution in [-0.2, 0) is 6.42 Å². The van der Waals surface area contributed by atoms with Crippen molar-refractivity contribution in [2.24, 2.45) is 0 Å². The van der Waals surface area contributed by atoms with Gasteiger partial charge in [0.25, 0.3) is 0 Å². The summed E-state index contributed by atoms with van der Waals surface area (Å²) >= 11 is 0. The topological polar surface area (TPSA) is 22.4 Å². The van der Waals surface area contributed by atoms with E-state index >= 15 is 0 Å². The summed E-state index contributed by atoms with van der Waals surface area (Å²) in [5, 5.41) is 2.42. The van der Waals surface area contributed by atoms with E-state index in [4.69, 9.17) is 9.15 Å². The fourth-order valence-corrected chi connectivity index (χ4v) is 3.72. The summed E-state index contributed by atoms with van der Waals surface area (Å²) in [7, 11) is 0. The molecule has 0 amide bonds. The molecule has 0 aliphatic carbocycles. The standard InChI is InChI=1S/C24H32O2/c1-5-7-9-11-19-12-13-20-21-14-15-22(25-16-10-8-6-2)18(4)24(21)26-23(20)17(19)3/h12-15H,5-11,16H2,1-4H3. The van der Waals surface area contributed by atoms with Crippen molar-refractivity contribution in [2.75, 3.05) is 6.61 Å². The third kappa shape index (κ3) is 3.75. The summed E-state index contributed by atoms with van der Waals surface area (Å²) in [5.41, 5.74) is 5.84. The lowest BCUT2D eigenvalue weighted by Gasteiger charge is -2.08. The molecule has 2 heteroatoms. The predicted molar refractivity (Wildman–Crippen MR) is 111 cm³/mol. The molecule has 1 heterocycles. The Balaban J connectivity index is 1.93. The van der Waals surface area contributed by atoms with Gasteiger partial charge < -0.3 is 9.15 Å². The molecule has 0 saturated carbocycles. The first-order valence-electron chi connectivity index (χ1n) is 10.2. The smallest absolute Gasteiger partial charge is 0.142 e. The van der Waals surface area contributed by atoms with Crippen molar-refractivity contribution in [1.29, 1.82) is 0 Å². The Kier molecular flexibility index (Phi) is 6.24. The molecule has 26 heavy (non-hydrogen) atoms. The molecule has 0 radical (unpaired) electrons. The van der Waals surface area contributed by atoms with Crippen LogP contribution < -0.4 is 4.74 Å². The van der Waals surface area contributed by atoms with E-state index in [0.717, 1.165) is 41.9 Å². The van der Waals surface area contributed by atoms with Crippen molar-refractivity contribution >= 4 is 21.9 Å². The van der Waals surface area contributed by atoms with Gasteiger partial charge in [0.05, 0.1) is 6.61 Å². The first-order valence-corrected chi connectivity index (χ1v) is 10.2. The van der Waals surface area contributed by atoms with E-state index in [1.165, 1.54) is 54.0 Å². The fourth-order valence-electron chi connectivity index (χ4n) is 3.72. The highest BCUT2D eigenvalue weighted by Crippen LogP contribution is 2.37. The number of fused-ring (bicyclic) bond motifs is 3. The van der Waals surface area contributed by atoms with Gasteiger partial charge in [0.2, 0.25) is 0 Å². The van der Waals surface area contributed by atoms with Crippen molar-refractivity contribution in [3.8, 4) is 5.75 Å². The van der Waals surface area contributed by atoms with Gasteiger partial charge in [-0.25, -0.2) is 0 Å². The quantitative estimate of drug-likeness (QED) is 0.372. The minimum absolute atomic E-state index is 0.779. The summed E-state index contributed by atoms with van der Waals surface area (Å²) in [5.74, 6) is 0.952. The Hall–Kier alpha value is -1.96. The minimum atomic E-state index is 0.779. The highest BCUT2D eigenvalue weighted by molar-refractivity contribution is 6.07. The molecule has 1 aromatic heterocycles. The number of hydrogen-bond acceptors (Lipinski definition) is 2. The minimum Gasteiger partial charge on any atom is -0.493 e. The van der Waals surface area contributed by atoms with Gasteiger partial charge in [0, 0.05) is 16.3 Å². The average molecular weight is 353 g/mol. The van der Waals surface area contributed by atoms with E-state index in [1.807, 2.05) is 0 Å². The van der Waals surface area contributed by atoms with E-state index in [0.29, 0.717) is 0 Å². The predicted octanol–water partition coefficient (Wildman–Crippen LogP) is 7.50. The van der Waals surface area contributed by atoms with E-state index in [-0.39, 0.29) is 0 Å². The van der Waals surface area contributed by atoms with Gasteiger partial charge in [0.1, 0.15) is 16.9 Å². The van der Waals surface area contributed by atoms with Gasteiger partial charge in [-0.15, -0.1) is 0 Å². The number of hydrogen-bond donors (Lipinski definition) is 0. The highest BCUT2D eigenvalue weighted by Gasteiger charge is 2.15. The normalized spacial score (nSPS) is 11.5. The SMILES string of the molecule is CCCCCOc1ccc2c(oc3c(C)c(CCCCC)ccc32)c1C. The summed E-state index contributed by atoms with van der Waals surface area (Å²) in [4.78, 5) is 0. The van der Waals surface area contributed by atoms with Crippen LogP contribution in [0, 0.1) is 13.8 Å². The largest absolute Gasteiger partial charge is 0.493 e. The Bertz CT molecular complexity index is 873. The number of unbranched alkanes of at least 4 members (excludes halogenated alkanes) is 4. The Morgan fingerprint density at radius 2 is 1.42 bits per heavy atom. The Morgan fingerprint density at radius 1 is 0.769 bits per heavy atom. The van der Waals surface area contributed by atoms with Crippen LogP contribution in [0.5, 0.6) is 5.75 Å². The molecule has 0 unspecified atom stereocenters. The van der Waals surface area contributed by atoms with Gasteiger partial charge in [-0.05, 0) is 56.4 Å². The van der Waals surface area contributed by atoms with Crippen LogP contribution in [0.1, 0.15) is 69.1 Å². The molecule has 0 aliphatic heterocycles. The van der Waals surface area contributed by atoms with Crippen LogP contribution in [-0.4, -0.2) is 6.61 Å². The van der Waals surface area contributed by atoms with Crippen molar-refractivity contribution in [1.82, 2.24) is 0 Å². The van der Waals surface area contributed by atoms with Crippen molar-refractivity contribution in [2.45, 2.75) is 72.6 Å². The molecule has 0 saturated heterocycles.